The van der Waals surface area contributed by atoms with Crippen LogP contribution in [0.5, 0.6) is 0 Å². The van der Waals surface area contributed by atoms with Crippen LogP contribution in [0, 0.1) is 0 Å². The molecule has 96 valence electrons. The van der Waals surface area contributed by atoms with Crippen LogP contribution in [0.2, 0.25) is 25.7 Å². The number of Topliss-reactive ketones (excluding diaryl/α,β-unsaturated/α-hetero) is 1. The molecule has 0 aromatic rings. The van der Waals surface area contributed by atoms with Gasteiger partial charge in [-0.3, -0.25) is 4.79 Å². The molecule has 0 bridgehead atoms. The van der Waals surface area contributed by atoms with Gasteiger partial charge in [-0.05, 0) is 6.42 Å². The van der Waals surface area contributed by atoms with Crippen LogP contribution in [0.15, 0.2) is 0 Å². The van der Waals surface area contributed by atoms with E-state index in [9.17, 15) is 4.79 Å². The second-order valence-electron chi connectivity index (χ2n) is 6.12. The molecular weight excluding hydrogens is 212 g/mol. The first-order valence-electron chi connectivity index (χ1n) is 6.97. The van der Waals surface area contributed by atoms with Crippen LogP contribution in [0.25, 0.3) is 0 Å². The van der Waals surface area contributed by atoms with Gasteiger partial charge >= 0.3 is 0 Å². The molecule has 0 radical (unpaired) electrons. The van der Waals surface area contributed by atoms with Crippen molar-refractivity contribution < 1.29 is 4.79 Å². The second-order valence-corrected chi connectivity index (χ2v) is 11.7. The van der Waals surface area contributed by atoms with Crippen molar-refractivity contribution >= 4 is 13.9 Å². The summed E-state index contributed by atoms with van der Waals surface area (Å²) in [4.78, 5) is 11.6. The highest BCUT2D eigenvalue weighted by Crippen LogP contribution is 2.14. The number of carbonyl (C=O) groups excluding carboxylic acids is 1. The monoisotopic (exact) mass is 242 g/mol. The van der Waals surface area contributed by atoms with Crippen molar-refractivity contribution in [2.45, 2.75) is 84.0 Å². The first-order chi connectivity index (χ1) is 7.45. The Balaban J connectivity index is 3.31. The van der Waals surface area contributed by atoms with E-state index in [4.69, 9.17) is 0 Å². The summed E-state index contributed by atoms with van der Waals surface area (Å²) in [6, 6.07) is 1.17. The van der Waals surface area contributed by atoms with Gasteiger partial charge in [-0.1, -0.05) is 64.7 Å². The van der Waals surface area contributed by atoms with Crippen molar-refractivity contribution in [3.05, 3.63) is 0 Å². The van der Waals surface area contributed by atoms with E-state index >= 15 is 0 Å². The molecule has 0 spiro atoms. The van der Waals surface area contributed by atoms with E-state index in [2.05, 4.69) is 26.6 Å². The molecule has 0 aromatic heterocycles. The van der Waals surface area contributed by atoms with Crippen LogP contribution < -0.4 is 0 Å². The normalized spacial score (nSPS) is 11.8. The summed E-state index contributed by atoms with van der Waals surface area (Å²) in [6.45, 7) is 9.25. The van der Waals surface area contributed by atoms with Gasteiger partial charge in [0.25, 0.3) is 0 Å². The molecule has 0 amide bonds. The zero-order chi connectivity index (χ0) is 12.4. The maximum atomic E-state index is 11.6. The van der Waals surface area contributed by atoms with E-state index in [0.717, 1.165) is 19.3 Å². The first kappa shape index (κ1) is 15.9. The molecule has 0 rings (SSSR count). The van der Waals surface area contributed by atoms with Crippen LogP contribution in [-0.2, 0) is 4.79 Å². The Labute approximate surface area is 103 Å². The molecule has 1 nitrogen and oxygen atoms in total. The summed E-state index contributed by atoms with van der Waals surface area (Å²) >= 11 is 0. The lowest BCUT2D eigenvalue weighted by molar-refractivity contribution is -0.118. The van der Waals surface area contributed by atoms with Gasteiger partial charge < -0.3 is 0 Å². The zero-order valence-corrected chi connectivity index (χ0v) is 12.8. The Bertz CT molecular complexity index is 182. The fourth-order valence-electron chi connectivity index (χ4n) is 1.74. The minimum absolute atomic E-state index is 0.498. The van der Waals surface area contributed by atoms with Crippen molar-refractivity contribution in [3.8, 4) is 0 Å². The Morgan fingerprint density at radius 1 is 0.875 bits per heavy atom. The van der Waals surface area contributed by atoms with Gasteiger partial charge in [-0.15, -0.1) is 0 Å². The quantitative estimate of drug-likeness (QED) is 0.388. The third kappa shape index (κ3) is 12.0. The lowest BCUT2D eigenvalue weighted by atomic mass is 10.1. The van der Waals surface area contributed by atoms with Gasteiger partial charge in [0.1, 0.15) is 5.78 Å². The van der Waals surface area contributed by atoms with Gasteiger partial charge in [-0.25, -0.2) is 0 Å². The van der Waals surface area contributed by atoms with Crippen LogP contribution in [0.1, 0.15) is 58.3 Å². The lowest BCUT2D eigenvalue weighted by Gasteiger charge is -2.14. The summed E-state index contributed by atoms with van der Waals surface area (Å²) in [6.07, 6.45) is 9.35. The number of unbranched alkanes of at least 4 members (excludes halogenated alkanes) is 5. The van der Waals surface area contributed by atoms with Crippen LogP contribution in [0.4, 0.5) is 0 Å². The second kappa shape index (κ2) is 8.97. The number of hydrogen-bond acceptors (Lipinski definition) is 1. The standard InChI is InChI=1S/C14H30OSi/c1-5-6-7-8-9-10-11-14(15)12-13-16(2,3)4/h5-13H2,1-4H3. The summed E-state index contributed by atoms with van der Waals surface area (Å²) in [5, 5.41) is 0. The molecule has 0 aliphatic carbocycles. The van der Waals surface area contributed by atoms with Gasteiger partial charge in [0.2, 0.25) is 0 Å². The van der Waals surface area contributed by atoms with Crippen LogP contribution in [0.3, 0.4) is 0 Å². The molecule has 0 N–H and O–H groups in total. The smallest absolute Gasteiger partial charge is 0.132 e. The van der Waals surface area contributed by atoms with E-state index in [1.54, 1.807) is 0 Å². The summed E-state index contributed by atoms with van der Waals surface area (Å²) < 4.78 is 0. The van der Waals surface area contributed by atoms with Crippen molar-refractivity contribution in [2.24, 2.45) is 0 Å². The van der Waals surface area contributed by atoms with Crippen LogP contribution in [-0.4, -0.2) is 13.9 Å². The Kier molecular flexibility index (Phi) is 8.91. The van der Waals surface area contributed by atoms with Gasteiger partial charge in [-0.2, -0.15) is 0 Å². The third-order valence-corrected chi connectivity index (χ3v) is 4.71. The first-order valence-corrected chi connectivity index (χ1v) is 10.7. The molecule has 0 heterocycles. The van der Waals surface area contributed by atoms with Crippen LogP contribution >= 0.6 is 0 Å². The van der Waals surface area contributed by atoms with Gasteiger partial charge in [0.05, 0.1) is 0 Å². The van der Waals surface area contributed by atoms with Gasteiger partial charge in [0, 0.05) is 20.9 Å². The largest absolute Gasteiger partial charge is 0.300 e. The maximum absolute atomic E-state index is 11.6. The van der Waals surface area contributed by atoms with E-state index < -0.39 is 8.07 Å². The lowest BCUT2D eigenvalue weighted by Crippen LogP contribution is -2.20. The SMILES string of the molecule is CCCCCCCCC(=O)CC[Si](C)(C)C. The highest BCUT2D eigenvalue weighted by atomic mass is 28.3. The number of ketones is 1. The fraction of sp³-hybridized carbons (Fsp3) is 0.929. The summed E-state index contributed by atoms with van der Waals surface area (Å²) in [7, 11) is -1.01. The van der Waals surface area contributed by atoms with E-state index in [0.29, 0.717) is 5.78 Å². The Morgan fingerprint density at radius 2 is 1.44 bits per heavy atom. The molecule has 0 saturated carbocycles. The Hall–Kier alpha value is -0.113. The number of carbonyl (C=O) groups is 1. The summed E-state index contributed by atoms with van der Waals surface area (Å²) in [5.74, 6) is 0.498. The third-order valence-electron chi connectivity index (χ3n) is 2.96. The van der Waals surface area contributed by atoms with Gasteiger partial charge in [0.15, 0.2) is 0 Å². The molecule has 2 heteroatoms. The molecule has 0 aliphatic rings. The topological polar surface area (TPSA) is 17.1 Å². The minimum atomic E-state index is -1.01. The molecule has 0 unspecified atom stereocenters. The molecule has 0 saturated heterocycles. The average molecular weight is 242 g/mol. The number of hydrogen-bond donors (Lipinski definition) is 0. The molecule has 0 fully saturated rings. The predicted molar refractivity (Wildman–Crippen MR) is 75.8 cm³/mol. The maximum Gasteiger partial charge on any atom is 0.132 e. The fourth-order valence-corrected chi connectivity index (χ4v) is 2.77. The predicted octanol–water partition coefficient (Wildman–Crippen LogP) is 5.03. The molecule has 0 aromatic carbocycles. The molecule has 0 aliphatic heterocycles. The van der Waals surface area contributed by atoms with Crippen molar-refractivity contribution in [3.63, 3.8) is 0 Å². The van der Waals surface area contributed by atoms with Crippen molar-refractivity contribution in [2.75, 3.05) is 0 Å². The summed E-state index contributed by atoms with van der Waals surface area (Å²) in [5.41, 5.74) is 0. The van der Waals surface area contributed by atoms with Crippen molar-refractivity contribution in [1.29, 1.82) is 0 Å². The van der Waals surface area contributed by atoms with E-state index in [1.807, 2.05) is 0 Å². The zero-order valence-electron chi connectivity index (χ0n) is 11.8. The number of rotatable bonds is 10. The van der Waals surface area contributed by atoms with E-state index in [1.165, 1.54) is 38.1 Å². The molecule has 16 heavy (non-hydrogen) atoms. The molecule has 0 atom stereocenters. The highest BCUT2D eigenvalue weighted by molar-refractivity contribution is 6.76. The van der Waals surface area contributed by atoms with E-state index in [-0.39, 0.29) is 0 Å². The highest BCUT2D eigenvalue weighted by Gasteiger charge is 2.14. The molecular formula is C14H30OSi. The average Bonchev–Trinajstić information content (AvgIpc) is 2.19. The minimum Gasteiger partial charge on any atom is -0.300 e. The van der Waals surface area contributed by atoms with Crippen molar-refractivity contribution in [1.82, 2.24) is 0 Å². The Morgan fingerprint density at radius 3 is 2.00 bits per heavy atom.